The zero-order valence-electron chi connectivity index (χ0n) is 19.6. The first kappa shape index (κ1) is 22.6. The molecule has 1 spiro atoms. The second-order valence-electron chi connectivity index (χ2n) is 10.3. The number of fused-ring (bicyclic) bond motifs is 1. The van der Waals surface area contributed by atoms with Crippen LogP contribution >= 0.6 is 23.4 Å². The van der Waals surface area contributed by atoms with E-state index in [2.05, 4.69) is 39.0 Å². The van der Waals surface area contributed by atoms with Gasteiger partial charge in [-0.25, -0.2) is 4.39 Å². The van der Waals surface area contributed by atoms with Crippen LogP contribution in [0.1, 0.15) is 43.9 Å². The van der Waals surface area contributed by atoms with E-state index < -0.39 is 10.4 Å². The summed E-state index contributed by atoms with van der Waals surface area (Å²) in [6.07, 6.45) is 0.703. The average molecular weight is 507 g/mol. The standard InChI is InChI=1S/C28H24ClFN2O2S/c1-26(2)16-27(3,17-7-9-18(29)10-8-17)21-5-4-6-22-24(21)32(26)25(34)28(22)31(23(33)15-35-28)20-13-11-19(30)12-14-20/h4-14H,15-16H2,1-3H3/t27-,28+/m1/s1. The van der Waals surface area contributed by atoms with Gasteiger partial charge >= 0.3 is 0 Å². The Labute approximate surface area is 213 Å². The Bertz CT molecular complexity index is 1390. The van der Waals surface area contributed by atoms with E-state index in [9.17, 15) is 14.0 Å². The molecular weight excluding hydrogens is 483 g/mol. The predicted octanol–water partition coefficient (Wildman–Crippen LogP) is 6.25. The summed E-state index contributed by atoms with van der Waals surface area (Å²) >= 11 is 7.54. The van der Waals surface area contributed by atoms with E-state index in [1.807, 2.05) is 29.2 Å². The van der Waals surface area contributed by atoms with Gasteiger partial charge in [-0.2, -0.15) is 0 Å². The van der Waals surface area contributed by atoms with Gasteiger partial charge in [0.15, 0.2) is 0 Å². The number of rotatable bonds is 2. The number of nitrogens with zero attached hydrogens (tertiary/aromatic N) is 2. The van der Waals surface area contributed by atoms with Gasteiger partial charge in [-0.1, -0.05) is 48.9 Å². The van der Waals surface area contributed by atoms with E-state index in [0.29, 0.717) is 17.1 Å². The molecule has 3 aliphatic heterocycles. The molecule has 4 nitrogen and oxygen atoms in total. The summed E-state index contributed by atoms with van der Waals surface area (Å²) in [6, 6.07) is 19.7. The van der Waals surface area contributed by atoms with Gasteiger partial charge in [-0.05, 0) is 67.8 Å². The lowest BCUT2D eigenvalue weighted by Crippen LogP contribution is -2.58. The largest absolute Gasteiger partial charge is 0.303 e. The van der Waals surface area contributed by atoms with Crippen LogP contribution in [-0.4, -0.2) is 23.1 Å². The molecule has 1 saturated heterocycles. The van der Waals surface area contributed by atoms with Gasteiger partial charge in [-0.3, -0.25) is 14.5 Å². The summed E-state index contributed by atoms with van der Waals surface area (Å²) < 4.78 is 13.7. The van der Waals surface area contributed by atoms with E-state index in [-0.39, 0.29) is 28.8 Å². The van der Waals surface area contributed by atoms with Crippen LogP contribution in [0.3, 0.4) is 0 Å². The van der Waals surface area contributed by atoms with E-state index >= 15 is 0 Å². The van der Waals surface area contributed by atoms with Gasteiger partial charge < -0.3 is 4.90 Å². The van der Waals surface area contributed by atoms with Crippen molar-refractivity contribution < 1.29 is 14.0 Å². The maximum absolute atomic E-state index is 14.4. The Balaban J connectivity index is 1.62. The van der Waals surface area contributed by atoms with Gasteiger partial charge in [0.1, 0.15) is 5.82 Å². The lowest BCUT2D eigenvalue weighted by molar-refractivity contribution is -0.124. The van der Waals surface area contributed by atoms with E-state index in [4.69, 9.17) is 11.6 Å². The first-order chi connectivity index (χ1) is 16.6. The molecule has 3 heterocycles. The van der Waals surface area contributed by atoms with Crippen molar-refractivity contribution in [3.05, 3.63) is 94.3 Å². The van der Waals surface area contributed by atoms with Crippen molar-refractivity contribution in [3.63, 3.8) is 0 Å². The van der Waals surface area contributed by atoms with Crippen LogP contribution in [0.15, 0.2) is 66.7 Å². The molecule has 178 valence electrons. The van der Waals surface area contributed by atoms with Crippen molar-refractivity contribution >= 4 is 46.6 Å². The first-order valence-electron chi connectivity index (χ1n) is 11.6. The monoisotopic (exact) mass is 506 g/mol. The normalized spacial score (nSPS) is 26.5. The Morgan fingerprint density at radius 2 is 1.54 bits per heavy atom. The molecule has 0 bridgehead atoms. The number of amides is 2. The third-order valence-electron chi connectivity index (χ3n) is 7.64. The van der Waals surface area contributed by atoms with Crippen molar-refractivity contribution in [2.24, 2.45) is 0 Å². The molecule has 0 aliphatic carbocycles. The Morgan fingerprint density at radius 1 is 0.886 bits per heavy atom. The SMILES string of the molecule is CC1(C)C[C@](C)(c2ccc(Cl)cc2)c2cccc3c2N1C(=O)[C@@]31SCC(=O)N1c1ccc(F)cc1. The minimum Gasteiger partial charge on any atom is -0.303 e. The maximum Gasteiger partial charge on any atom is 0.269 e. The molecule has 35 heavy (non-hydrogen) atoms. The van der Waals surface area contributed by atoms with Crippen molar-refractivity contribution in [2.45, 2.75) is 43.0 Å². The average Bonchev–Trinajstić information content (AvgIpc) is 3.29. The fraction of sp³-hybridized carbons (Fsp3) is 0.286. The first-order valence-corrected chi connectivity index (χ1v) is 12.9. The molecule has 3 aromatic rings. The topological polar surface area (TPSA) is 40.6 Å². The third-order valence-corrected chi connectivity index (χ3v) is 9.28. The van der Waals surface area contributed by atoms with E-state index in [0.717, 1.165) is 22.4 Å². The third kappa shape index (κ3) is 2.93. The van der Waals surface area contributed by atoms with Crippen molar-refractivity contribution in [3.8, 4) is 0 Å². The smallest absolute Gasteiger partial charge is 0.269 e. The molecule has 3 aromatic carbocycles. The zero-order chi connectivity index (χ0) is 24.8. The molecule has 0 radical (unpaired) electrons. The summed E-state index contributed by atoms with van der Waals surface area (Å²) in [7, 11) is 0. The highest BCUT2D eigenvalue weighted by molar-refractivity contribution is 8.02. The maximum atomic E-state index is 14.4. The van der Waals surface area contributed by atoms with Crippen LogP contribution in [0, 0.1) is 5.82 Å². The van der Waals surface area contributed by atoms with Crippen LogP contribution in [0.2, 0.25) is 5.02 Å². The number of halogens is 2. The fourth-order valence-corrected chi connectivity index (χ4v) is 7.76. The molecule has 2 atom stereocenters. The molecule has 2 amide bonds. The number of thioether (sulfide) groups is 1. The predicted molar refractivity (Wildman–Crippen MR) is 139 cm³/mol. The molecule has 0 aromatic heterocycles. The number of anilines is 2. The second-order valence-corrected chi connectivity index (χ2v) is 11.9. The summed E-state index contributed by atoms with van der Waals surface area (Å²) in [5.41, 5.74) is 3.51. The fourth-order valence-electron chi connectivity index (χ4n) is 6.31. The molecule has 0 N–H and O–H groups in total. The molecule has 0 unspecified atom stereocenters. The van der Waals surface area contributed by atoms with E-state index in [1.54, 1.807) is 17.0 Å². The second kappa shape index (κ2) is 7.34. The summed E-state index contributed by atoms with van der Waals surface area (Å²) in [5.74, 6) is -0.494. The molecular formula is C28H24ClFN2O2S. The number of hydrogen-bond acceptors (Lipinski definition) is 3. The van der Waals surface area contributed by atoms with Crippen LogP contribution in [0.25, 0.3) is 0 Å². The highest BCUT2D eigenvalue weighted by Gasteiger charge is 2.65. The number of para-hydroxylation sites is 1. The lowest BCUT2D eigenvalue weighted by Gasteiger charge is -2.50. The number of carbonyl (C=O) groups excluding carboxylic acids is 2. The Hall–Kier alpha value is -2.83. The van der Waals surface area contributed by atoms with Crippen molar-refractivity contribution in [2.75, 3.05) is 15.6 Å². The number of hydrogen-bond donors (Lipinski definition) is 0. The van der Waals surface area contributed by atoms with Crippen LogP contribution in [0.4, 0.5) is 15.8 Å². The van der Waals surface area contributed by atoms with Crippen LogP contribution in [0.5, 0.6) is 0 Å². The number of benzene rings is 3. The van der Waals surface area contributed by atoms with Crippen molar-refractivity contribution in [1.29, 1.82) is 0 Å². The highest BCUT2D eigenvalue weighted by atomic mass is 35.5. The quantitative estimate of drug-likeness (QED) is 0.412. The highest BCUT2D eigenvalue weighted by Crippen LogP contribution is 2.62. The van der Waals surface area contributed by atoms with Crippen LogP contribution < -0.4 is 9.80 Å². The van der Waals surface area contributed by atoms with E-state index in [1.165, 1.54) is 23.9 Å². The molecule has 6 rings (SSSR count). The van der Waals surface area contributed by atoms with Gasteiger partial charge in [0, 0.05) is 27.2 Å². The van der Waals surface area contributed by atoms with Gasteiger partial charge in [-0.15, -0.1) is 11.8 Å². The number of carbonyl (C=O) groups is 2. The van der Waals surface area contributed by atoms with Gasteiger partial charge in [0.05, 0.1) is 11.4 Å². The van der Waals surface area contributed by atoms with Gasteiger partial charge in [0.25, 0.3) is 5.91 Å². The minimum absolute atomic E-state index is 0.122. The molecule has 7 heteroatoms. The molecule has 3 aliphatic rings. The minimum atomic E-state index is -1.22. The molecule has 1 fully saturated rings. The van der Waals surface area contributed by atoms with Crippen molar-refractivity contribution in [1.82, 2.24) is 0 Å². The summed E-state index contributed by atoms with van der Waals surface area (Å²) in [5, 5.41) is 0.678. The van der Waals surface area contributed by atoms with Gasteiger partial charge in [0.2, 0.25) is 10.8 Å². The Morgan fingerprint density at radius 3 is 2.23 bits per heavy atom. The molecule has 0 saturated carbocycles. The van der Waals surface area contributed by atoms with Crippen LogP contribution in [-0.2, 0) is 19.9 Å². The zero-order valence-corrected chi connectivity index (χ0v) is 21.2. The Kier molecular flexibility index (Phi) is 4.74. The summed E-state index contributed by atoms with van der Waals surface area (Å²) in [4.78, 5) is 29.9. The lowest BCUT2D eigenvalue weighted by atomic mass is 9.65. The summed E-state index contributed by atoms with van der Waals surface area (Å²) in [6.45, 7) is 6.38.